The van der Waals surface area contributed by atoms with Crippen LogP contribution in [0.2, 0.25) is 0 Å². The number of fused-ring (bicyclic) bond motifs is 2. The van der Waals surface area contributed by atoms with Gasteiger partial charge in [-0.3, -0.25) is 4.79 Å². The van der Waals surface area contributed by atoms with Crippen LogP contribution >= 0.6 is 11.3 Å². The lowest BCUT2D eigenvalue weighted by Gasteiger charge is -2.12. The standard InChI is InChI=1S/C24H21NO3S/c1-3-17-14-20(24(27)28-4-2)23(29-17)25-22(26)21-18-11-7-5-9-15(18)13-16-10-6-8-12-19(16)21/h5-14H,3-4H2,1-2H3,(H,25,26). The van der Waals surface area contributed by atoms with E-state index < -0.39 is 5.97 Å². The first-order chi connectivity index (χ1) is 14.1. The van der Waals surface area contributed by atoms with Crippen molar-refractivity contribution in [1.29, 1.82) is 0 Å². The Balaban J connectivity index is 1.83. The van der Waals surface area contributed by atoms with Crippen molar-refractivity contribution in [3.63, 3.8) is 0 Å². The second-order valence-electron chi connectivity index (χ2n) is 6.68. The summed E-state index contributed by atoms with van der Waals surface area (Å²) in [5, 5.41) is 7.28. The van der Waals surface area contributed by atoms with Crippen molar-refractivity contribution in [2.24, 2.45) is 0 Å². The van der Waals surface area contributed by atoms with E-state index in [4.69, 9.17) is 4.74 Å². The first kappa shape index (κ1) is 19.2. The van der Waals surface area contributed by atoms with E-state index in [2.05, 4.69) is 11.4 Å². The molecule has 0 aliphatic rings. The Kier molecular flexibility index (Phi) is 5.32. The number of carbonyl (C=O) groups excluding carboxylic acids is 2. The smallest absolute Gasteiger partial charge is 0.341 e. The van der Waals surface area contributed by atoms with Gasteiger partial charge < -0.3 is 10.1 Å². The van der Waals surface area contributed by atoms with E-state index in [9.17, 15) is 9.59 Å². The van der Waals surface area contributed by atoms with Crippen molar-refractivity contribution in [2.75, 3.05) is 11.9 Å². The summed E-state index contributed by atoms with van der Waals surface area (Å²) in [5.74, 6) is -0.644. The molecule has 1 N–H and O–H groups in total. The molecule has 1 aromatic heterocycles. The van der Waals surface area contributed by atoms with Gasteiger partial charge in [-0.1, -0.05) is 55.5 Å². The van der Waals surface area contributed by atoms with Gasteiger partial charge in [0.25, 0.3) is 5.91 Å². The van der Waals surface area contributed by atoms with Gasteiger partial charge in [0.15, 0.2) is 0 Å². The van der Waals surface area contributed by atoms with E-state index in [0.29, 0.717) is 16.1 Å². The first-order valence-corrected chi connectivity index (χ1v) is 10.5. The maximum Gasteiger partial charge on any atom is 0.341 e. The third kappa shape index (κ3) is 3.61. The summed E-state index contributed by atoms with van der Waals surface area (Å²) in [4.78, 5) is 26.8. The lowest BCUT2D eigenvalue weighted by atomic mass is 9.96. The molecule has 0 aliphatic carbocycles. The number of esters is 1. The molecule has 0 saturated carbocycles. The second kappa shape index (κ2) is 8.05. The number of nitrogens with one attached hydrogen (secondary N) is 1. The van der Waals surface area contributed by atoms with Crippen molar-refractivity contribution in [1.82, 2.24) is 0 Å². The Morgan fingerprint density at radius 1 is 0.931 bits per heavy atom. The van der Waals surface area contributed by atoms with E-state index >= 15 is 0 Å². The van der Waals surface area contributed by atoms with Crippen molar-refractivity contribution in [2.45, 2.75) is 20.3 Å². The average Bonchev–Trinajstić information content (AvgIpc) is 3.15. The number of hydrogen-bond acceptors (Lipinski definition) is 4. The largest absolute Gasteiger partial charge is 0.462 e. The van der Waals surface area contributed by atoms with E-state index in [-0.39, 0.29) is 12.5 Å². The molecule has 0 aliphatic heterocycles. The van der Waals surface area contributed by atoms with E-state index in [0.717, 1.165) is 32.8 Å². The zero-order valence-electron chi connectivity index (χ0n) is 16.3. The second-order valence-corrected chi connectivity index (χ2v) is 7.81. The van der Waals surface area contributed by atoms with Crippen LogP contribution in [-0.2, 0) is 11.2 Å². The van der Waals surface area contributed by atoms with E-state index in [1.165, 1.54) is 11.3 Å². The maximum absolute atomic E-state index is 13.4. The molecule has 0 fully saturated rings. The van der Waals surface area contributed by atoms with Crippen LogP contribution in [0.25, 0.3) is 21.5 Å². The fraction of sp³-hybridized carbons (Fsp3) is 0.167. The Morgan fingerprint density at radius 2 is 1.55 bits per heavy atom. The summed E-state index contributed by atoms with van der Waals surface area (Å²) < 4.78 is 5.17. The van der Waals surface area contributed by atoms with Gasteiger partial charge in [0, 0.05) is 4.88 Å². The molecule has 4 aromatic rings. The van der Waals surface area contributed by atoms with Gasteiger partial charge in [-0.15, -0.1) is 11.3 Å². The Bertz CT molecular complexity index is 1170. The van der Waals surface area contributed by atoms with Crippen molar-refractivity contribution >= 4 is 49.8 Å². The number of anilines is 1. The third-order valence-corrected chi connectivity index (χ3v) is 6.05. The lowest BCUT2D eigenvalue weighted by Crippen LogP contribution is -2.15. The fourth-order valence-corrected chi connectivity index (χ4v) is 4.47. The molecule has 0 bridgehead atoms. The number of benzene rings is 3. The first-order valence-electron chi connectivity index (χ1n) is 9.64. The van der Waals surface area contributed by atoms with Crippen LogP contribution in [0, 0.1) is 0 Å². The molecule has 4 rings (SSSR count). The van der Waals surface area contributed by atoms with E-state index in [1.54, 1.807) is 13.0 Å². The normalized spacial score (nSPS) is 11.0. The fourth-order valence-electron chi connectivity index (χ4n) is 3.49. The molecule has 0 atom stereocenters. The molecular weight excluding hydrogens is 382 g/mol. The van der Waals surface area contributed by atoms with Crippen molar-refractivity contribution < 1.29 is 14.3 Å². The SMILES string of the molecule is CCOC(=O)c1cc(CC)sc1NC(=O)c1c2ccccc2cc2ccccc12. The highest BCUT2D eigenvalue weighted by Gasteiger charge is 2.21. The molecule has 1 amide bonds. The van der Waals surface area contributed by atoms with Crippen LogP contribution in [0.1, 0.15) is 39.4 Å². The summed E-state index contributed by atoms with van der Waals surface area (Å²) >= 11 is 1.41. The molecule has 0 saturated heterocycles. The van der Waals surface area contributed by atoms with Gasteiger partial charge in [0.1, 0.15) is 5.00 Å². The molecule has 1 heterocycles. The third-order valence-electron chi connectivity index (χ3n) is 4.85. The highest BCUT2D eigenvalue weighted by molar-refractivity contribution is 7.16. The minimum Gasteiger partial charge on any atom is -0.462 e. The molecule has 4 nitrogen and oxygen atoms in total. The van der Waals surface area contributed by atoms with Gasteiger partial charge in [-0.25, -0.2) is 4.79 Å². The van der Waals surface area contributed by atoms with Crippen LogP contribution in [0.3, 0.4) is 0 Å². The number of thiophene rings is 1. The number of ether oxygens (including phenoxy) is 1. The summed E-state index contributed by atoms with van der Waals surface area (Å²) in [6, 6.07) is 19.6. The average molecular weight is 404 g/mol. The number of carbonyl (C=O) groups is 2. The topological polar surface area (TPSA) is 55.4 Å². The molecular formula is C24H21NO3S. The van der Waals surface area contributed by atoms with Crippen LogP contribution < -0.4 is 5.32 Å². The summed E-state index contributed by atoms with van der Waals surface area (Å²) in [7, 11) is 0. The zero-order chi connectivity index (χ0) is 20.4. The van der Waals surface area contributed by atoms with Crippen LogP contribution in [-0.4, -0.2) is 18.5 Å². The maximum atomic E-state index is 13.4. The molecule has 0 unspecified atom stereocenters. The van der Waals surface area contributed by atoms with Crippen molar-refractivity contribution in [3.8, 4) is 0 Å². The van der Waals surface area contributed by atoms with E-state index in [1.807, 2.05) is 55.5 Å². The molecule has 3 aromatic carbocycles. The highest BCUT2D eigenvalue weighted by Crippen LogP contribution is 2.33. The number of hydrogen-bond donors (Lipinski definition) is 1. The Hall–Kier alpha value is -3.18. The summed E-state index contributed by atoms with van der Waals surface area (Å²) in [5.41, 5.74) is 1.02. The van der Waals surface area contributed by atoms with Gasteiger partial charge in [0.2, 0.25) is 0 Å². The minimum absolute atomic E-state index is 0.229. The Labute approximate surface area is 173 Å². The van der Waals surface area contributed by atoms with Crippen LogP contribution in [0.15, 0.2) is 60.7 Å². The predicted molar refractivity (Wildman–Crippen MR) is 119 cm³/mol. The van der Waals surface area contributed by atoms with Crippen molar-refractivity contribution in [3.05, 3.63) is 76.7 Å². The van der Waals surface area contributed by atoms with Crippen LogP contribution in [0.4, 0.5) is 5.00 Å². The Morgan fingerprint density at radius 3 is 2.14 bits per heavy atom. The van der Waals surface area contributed by atoms with Gasteiger partial charge in [0.05, 0.1) is 17.7 Å². The monoisotopic (exact) mass is 403 g/mol. The molecule has 0 spiro atoms. The quantitative estimate of drug-likeness (QED) is 0.326. The number of amides is 1. The zero-order valence-corrected chi connectivity index (χ0v) is 17.1. The number of aryl methyl sites for hydroxylation is 1. The molecule has 0 radical (unpaired) electrons. The molecule has 29 heavy (non-hydrogen) atoms. The number of rotatable bonds is 5. The van der Waals surface area contributed by atoms with Crippen LogP contribution in [0.5, 0.6) is 0 Å². The predicted octanol–water partition coefficient (Wildman–Crippen LogP) is 6.05. The molecule has 146 valence electrons. The lowest BCUT2D eigenvalue weighted by molar-refractivity contribution is 0.0528. The molecule has 5 heteroatoms. The highest BCUT2D eigenvalue weighted by atomic mass is 32.1. The summed E-state index contributed by atoms with van der Waals surface area (Å²) in [6.07, 6.45) is 0.782. The van der Waals surface area contributed by atoms with Gasteiger partial charge in [-0.2, -0.15) is 0 Å². The summed E-state index contributed by atoms with van der Waals surface area (Å²) in [6.45, 7) is 4.08. The minimum atomic E-state index is -0.415. The van der Waals surface area contributed by atoms with Gasteiger partial charge in [-0.05, 0) is 47.0 Å². The van der Waals surface area contributed by atoms with Gasteiger partial charge >= 0.3 is 5.97 Å².